The maximum absolute atomic E-state index is 6.08. The van der Waals surface area contributed by atoms with Crippen LogP contribution in [-0.4, -0.2) is 50.2 Å². The van der Waals surface area contributed by atoms with Crippen LogP contribution in [-0.2, 0) is 6.54 Å². The van der Waals surface area contributed by atoms with Gasteiger partial charge in [-0.1, -0.05) is 19.1 Å². The number of rotatable bonds is 9. The number of nitrogens with zero attached hydrogens (tertiary/aromatic N) is 2. The van der Waals surface area contributed by atoms with Crippen molar-refractivity contribution in [2.45, 2.75) is 46.6 Å². The highest BCUT2D eigenvalue weighted by molar-refractivity contribution is 5.79. The van der Waals surface area contributed by atoms with Crippen molar-refractivity contribution in [2.24, 2.45) is 16.8 Å². The number of benzene rings is 1. The molecule has 1 saturated heterocycles. The minimum atomic E-state index is 0.640. The van der Waals surface area contributed by atoms with E-state index >= 15 is 0 Å². The predicted molar refractivity (Wildman–Crippen MR) is 112 cm³/mol. The van der Waals surface area contributed by atoms with Crippen molar-refractivity contribution < 1.29 is 4.74 Å². The van der Waals surface area contributed by atoms with Gasteiger partial charge in [0.2, 0.25) is 0 Å². The normalized spacial score (nSPS) is 20.7. The molecule has 1 saturated carbocycles. The minimum absolute atomic E-state index is 0.640. The van der Waals surface area contributed by atoms with Crippen LogP contribution in [0, 0.1) is 18.8 Å². The number of aryl methyl sites for hydroxylation is 1. The van der Waals surface area contributed by atoms with E-state index in [1.54, 1.807) is 0 Å². The molecule has 2 aliphatic rings. The number of ether oxygens (including phenoxy) is 1. The number of hydrogen-bond acceptors (Lipinski definition) is 3. The molecule has 0 amide bonds. The summed E-state index contributed by atoms with van der Waals surface area (Å²) in [5.41, 5.74) is 2.40. The van der Waals surface area contributed by atoms with Gasteiger partial charge in [-0.2, -0.15) is 0 Å². The molecule has 1 atom stereocenters. The van der Waals surface area contributed by atoms with Crippen molar-refractivity contribution in [3.8, 4) is 5.75 Å². The van der Waals surface area contributed by atoms with E-state index in [0.717, 1.165) is 49.4 Å². The number of aliphatic imine (C=N–C) groups is 1. The number of guanidine groups is 1. The van der Waals surface area contributed by atoms with Crippen LogP contribution in [0.25, 0.3) is 0 Å². The molecular weight excluding hydrogens is 336 g/mol. The molecule has 3 rings (SSSR count). The fourth-order valence-electron chi connectivity index (χ4n) is 3.53. The molecule has 2 N–H and O–H groups in total. The second-order valence-electron chi connectivity index (χ2n) is 7.99. The summed E-state index contributed by atoms with van der Waals surface area (Å²) in [6.07, 6.45) is 3.90. The lowest BCUT2D eigenvalue weighted by Gasteiger charge is -2.16. The Balaban J connectivity index is 1.57. The van der Waals surface area contributed by atoms with E-state index in [1.807, 2.05) is 0 Å². The van der Waals surface area contributed by atoms with Crippen molar-refractivity contribution >= 4 is 5.96 Å². The molecular formula is C22H36N4O. The van der Waals surface area contributed by atoms with Crippen molar-refractivity contribution in [1.29, 1.82) is 0 Å². The fraction of sp³-hybridized carbons (Fsp3) is 0.682. The van der Waals surface area contributed by atoms with Crippen LogP contribution in [0.4, 0.5) is 0 Å². The molecule has 5 nitrogen and oxygen atoms in total. The highest BCUT2D eigenvalue weighted by Crippen LogP contribution is 2.31. The molecule has 1 aromatic carbocycles. The fourth-order valence-corrected chi connectivity index (χ4v) is 3.53. The summed E-state index contributed by atoms with van der Waals surface area (Å²) in [7, 11) is 0. The quantitative estimate of drug-likeness (QED) is 0.516. The summed E-state index contributed by atoms with van der Waals surface area (Å²) in [5, 5.41) is 6.92. The summed E-state index contributed by atoms with van der Waals surface area (Å²) in [5.74, 6) is 3.37. The van der Waals surface area contributed by atoms with E-state index < -0.39 is 0 Å². The molecule has 27 heavy (non-hydrogen) atoms. The van der Waals surface area contributed by atoms with Crippen LogP contribution in [0.15, 0.2) is 23.2 Å². The molecule has 150 valence electrons. The zero-order chi connectivity index (χ0) is 19.1. The Morgan fingerprint density at radius 3 is 2.74 bits per heavy atom. The zero-order valence-electron chi connectivity index (χ0n) is 17.3. The van der Waals surface area contributed by atoms with E-state index in [2.05, 4.69) is 54.5 Å². The molecule has 0 aromatic heterocycles. The van der Waals surface area contributed by atoms with Crippen LogP contribution in [0.1, 0.15) is 44.2 Å². The average Bonchev–Trinajstić information content (AvgIpc) is 3.39. The molecule has 1 heterocycles. The molecule has 1 aromatic rings. The van der Waals surface area contributed by atoms with Crippen LogP contribution in [0.3, 0.4) is 0 Å². The average molecular weight is 373 g/mol. The van der Waals surface area contributed by atoms with Crippen molar-refractivity contribution in [3.63, 3.8) is 0 Å². The topological polar surface area (TPSA) is 48.9 Å². The first-order valence-electron chi connectivity index (χ1n) is 10.6. The Morgan fingerprint density at radius 1 is 1.19 bits per heavy atom. The highest BCUT2D eigenvalue weighted by Gasteiger charge is 2.23. The first-order valence-corrected chi connectivity index (χ1v) is 10.6. The first kappa shape index (κ1) is 20.0. The smallest absolute Gasteiger partial charge is 0.191 e. The van der Waals surface area contributed by atoms with Crippen molar-refractivity contribution in [2.75, 3.05) is 39.3 Å². The van der Waals surface area contributed by atoms with Crippen LogP contribution < -0.4 is 15.4 Å². The predicted octanol–water partition coefficient (Wildman–Crippen LogP) is 3.18. The summed E-state index contributed by atoms with van der Waals surface area (Å²) >= 11 is 0. The third kappa shape index (κ3) is 6.42. The van der Waals surface area contributed by atoms with E-state index in [4.69, 9.17) is 9.73 Å². The van der Waals surface area contributed by atoms with Gasteiger partial charge in [-0.05, 0) is 69.7 Å². The third-order valence-electron chi connectivity index (χ3n) is 5.52. The van der Waals surface area contributed by atoms with Gasteiger partial charge in [0, 0.05) is 25.2 Å². The SMILES string of the molecule is CCNC(=NCc1ccc(C)cc1OCC1CC1)NCC1CCN(CC)C1. The van der Waals surface area contributed by atoms with Gasteiger partial charge in [0.05, 0.1) is 13.2 Å². The third-order valence-corrected chi connectivity index (χ3v) is 5.52. The Hall–Kier alpha value is -1.75. The Kier molecular flexibility index (Phi) is 7.39. The summed E-state index contributed by atoms with van der Waals surface area (Å²) in [6, 6.07) is 6.44. The Labute approximate surface area is 164 Å². The zero-order valence-corrected chi connectivity index (χ0v) is 17.3. The number of hydrogen-bond donors (Lipinski definition) is 2. The Morgan fingerprint density at radius 2 is 2.04 bits per heavy atom. The van der Waals surface area contributed by atoms with Crippen molar-refractivity contribution in [1.82, 2.24) is 15.5 Å². The van der Waals surface area contributed by atoms with Gasteiger partial charge in [0.25, 0.3) is 0 Å². The van der Waals surface area contributed by atoms with Crippen LogP contribution in [0.2, 0.25) is 0 Å². The molecule has 0 spiro atoms. The molecule has 5 heteroatoms. The lowest BCUT2D eigenvalue weighted by atomic mass is 10.1. The second-order valence-corrected chi connectivity index (χ2v) is 7.99. The number of nitrogens with one attached hydrogen (secondary N) is 2. The monoisotopic (exact) mass is 372 g/mol. The molecule has 1 aliphatic carbocycles. The summed E-state index contributed by atoms with van der Waals surface area (Å²) in [4.78, 5) is 7.34. The van der Waals surface area contributed by atoms with E-state index in [-0.39, 0.29) is 0 Å². The van der Waals surface area contributed by atoms with Gasteiger partial charge < -0.3 is 20.3 Å². The largest absolute Gasteiger partial charge is 0.493 e. The van der Waals surface area contributed by atoms with Gasteiger partial charge in [0.1, 0.15) is 5.75 Å². The second kappa shape index (κ2) is 9.98. The van der Waals surface area contributed by atoms with E-state index in [9.17, 15) is 0 Å². The summed E-state index contributed by atoms with van der Waals surface area (Å²) in [6.45, 7) is 13.4. The molecule has 1 aliphatic heterocycles. The van der Waals surface area contributed by atoms with Gasteiger partial charge in [-0.3, -0.25) is 0 Å². The molecule has 0 radical (unpaired) electrons. The number of likely N-dealkylation sites (tertiary alicyclic amines) is 1. The molecule has 0 bridgehead atoms. The van der Waals surface area contributed by atoms with Gasteiger partial charge in [-0.15, -0.1) is 0 Å². The van der Waals surface area contributed by atoms with Crippen molar-refractivity contribution in [3.05, 3.63) is 29.3 Å². The lowest BCUT2D eigenvalue weighted by Crippen LogP contribution is -2.40. The lowest BCUT2D eigenvalue weighted by molar-refractivity contribution is 0.296. The highest BCUT2D eigenvalue weighted by atomic mass is 16.5. The van der Waals surface area contributed by atoms with Crippen LogP contribution >= 0.6 is 0 Å². The van der Waals surface area contributed by atoms with E-state index in [1.165, 1.54) is 37.9 Å². The first-order chi connectivity index (χ1) is 13.2. The maximum Gasteiger partial charge on any atom is 0.191 e. The van der Waals surface area contributed by atoms with Gasteiger partial charge in [0.15, 0.2) is 5.96 Å². The standard InChI is InChI=1S/C22H36N4O/c1-4-23-22(24-13-19-10-11-26(5-2)15-19)25-14-20-9-6-17(3)12-21(20)27-16-18-7-8-18/h6,9,12,18-19H,4-5,7-8,10-11,13-16H2,1-3H3,(H2,23,24,25). The van der Waals surface area contributed by atoms with Crippen LogP contribution in [0.5, 0.6) is 5.75 Å². The van der Waals surface area contributed by atoms with Gasteiger partial charge >= 0.3 is 0 Å². The molecule has 1 unspecified atom stereocenters. The van der Waals surface area contributed by atoms with Gasteiger partial charge in [-0.25, -0.2) is 4.99 Å². The summed E-state index contributed by atoms with van der Waals surface area (Å²) < 4.78 is 6.08. The Bertz CT molecular complexity index is 627. The minimum Gasteiger partial charge on any atom is -0.493 e. The van der Waals surface area contributed by atoms with E-state index in [0.29, 0.717) is 12.5 Å². The molecule has 2 fully saturated rings. The maximum atomic E-state index is 6.08.